The molecule has 0 radical (unpaired) electrons. The molecule has 0 saturated carbocycles. The maximum Gasteiger partial charge on any atom is 0.263 e. The van der Waals surface area contributed by atoms with Crippen molar-refractivity contribution in [1.82, 2.24) is 10.2 Å². The first kappa shape index (κ1) is 17.4. The van der Waals surface area contributed by atoms with Crippen molar-refractivity contribution in [2.75, 3.05) is 13.1 Å². The van der Waals surface area contributed by atoms with Crippen LogP contribution >= 0.6 is 0 Å². The molecule has 4 nitrogen and oxygen atoms in total. The van der Waals surface area contributed by atoms with Gasteiger partial charge in [0.05, 0.1) is 6.54 Å². The number of amides is 2. The first-order valence-corrected chi connectivity index (χ1v) is 7.98. The van der Waals surface area contributed by atoms with Crippen molar-refractivity contribution < 1.29 is 18.4 Å². The average Bonchev–Trinajstić information content (AvgIpc) is 2.53. The van der Waals surface area contributed by atoms with Crippen LogP contribution in [0, 0.1) is 0 Å². The lowest BCUT2D eigenvalue weighted by Gasteiger charge is -2.24. The second-order valence-corrected chi connectivity index (χ2v) is 5.80. The maximum absolute atomic E-state index is 12.6. The zero-order valence-corrected chi connectivity index (χ0v) is 13.1. The third-order valence-corrected chi connectivity index (χ3v) is 3.95. The number of hydrogen-bond acceptors (Lipinski definition) is 2. The van der Waals surface area contributed by atoms with Crippen LogP contribution in [0.1, 0.15) is 49.7 Å². The molecule has 2 amide bonds. The number of likely N-dealkylation sites (tertiary alicyclic amines) is 1. The van der Waals surface area contributed by atoms with E-state index < -0.39 is 6.43 Å². The van der Waals surface area contributed by atoms with Crippen molar-refractivity contribution in [3.63, 3.8) is 0 Å². The van der Waals surface area contributed by atoms with E-state index in [-0.39, 0.29) is 30.5 Å². The number of halogens is 2. The molecule has 126 valence electrons. The van der Waals surface area contributed by atoms with Crippen LogP contribution in [0.3, 0.4) is 0 Å². The van der Waals surface area contributed by atoms with Crippen LogP contribution in [0.25, 0.3) is 0 Å². The zero-order chi connectivity index (χ0) is 16.7. The summed E-state index contributed by atoms with van der Waals surface area (Å²) < 4.78 is 25.3. The summed E-state index contributed by atoms with van der Waals surface area (Å²) in [6.45, 7) is 0.821. The highest BCUT2D eigenvalue weighted by Crippen LogP contribution is 2.19. The van der Waals surface area contributed by atoms with E-state index in [9.17, 15) is 18.4 Å². The third-order valence-electron chi connectivity index (χ3n) is 3.95. The molecule has 6 heteroatoms. The summed E-state index contributed by atoms with van der Waals surface area (Å²) in [5.41, 5.74) is 0.561. The molecular formula is C17H22F2N2O2. The molecule has 1 heterocycles. The van der Waals surface area contributed by atoms with E-state index in [1.54, 1.807) is 17.0 Å². The molecular weight excluding hydrogens is 302 g/mol. The lowest BCUT2D eigenvalue weighted by molar-refractivity contribution is -0.136. The summed E-state index contributed by atoms with van der Waals surface area (Å²) in [6, 6.07) is 5.97. The van der Waals surface area contributed by atoms with Crippen molar-refractivity contribution in [3.05, 3.63) is 35.4 Å². The molecule has 1 N–H and O–H groups in total. The fourth-order valence-electron chi connectivity index (χ4n) is 2.65. The highest BCUT2D eigenvalue weighted by Gasteiger charge is 2.18. The largest absolute Gasteiger partial charge is 0.350 e. The van der Waals surface area contributed by atoms with Gasteiger partial charge >= 0.3 is 0 Å². The summed E-state index contributed by atoms with van der Waals surface area (Å²) in [7, 11) is 0. The SMILES string of the molecule is O=C(CN1CCCCCCC1=O)NCc1cccc(C(F)F)c1. The van der Waals surface area contributed by atoms with Crippen LogP contribution in [0.15, 0.2) is 24.3 Å². The number of rotatable bonds is 5. The number of alkyl halides is 2. The Labute approximate surface area is 134 Å². The Hall–Kier alpha value is -1.98. The summed E-state index contributed by atoms with van der Waals surface area (Å²) in [5, 5.41) is 2.69. The van der Waals surface area contributed by atoms with Crippen LogP contribution in [0.5, 0.6) is 0 Å². The van der Waals surface area contributed by atoms with E-state index in [0.717, 1.165) is 25.7 Å². The molecule has 1 fully saturated rings. The van der Waals surface area contributed by atoms with Crippen molar-refractivity contribution in [2.24, 2.45) is 0 Å². The molecule has 0 atom stereocenters. The molecule has 0 aromatic heterocycles. The minimum atomic E-state index is -2.52. The standard InChI is InChI=1S/C17H22F2N2O2/c18-17(19)14-7-5-6-13(10-14)11-20-15(22)12-21-9-4-2-1-3-8-16(21)23/h5-7,10,17H,1-4,8-9,11-12H2,(H,20,22). The Morgan fingerprint density at radius 2 is 2.00 bits per heavy atom. The Morgan fingerprint density at radius 3 is 2.78 bits per heavy atom. The maximum atomic E-state index is 12.6. The van der Waals surface area contributed by atoms with Crippen molar-refractivity contribution in [3.8, 4) is 0 Å². The first-order chi connectivity index (χ1) is 11.1. The van der Waals surface area contributed by atoms with Crippen LogP contribution in [-0.4, -0.2) is 29.8 Å². The molecule has 1 aliphatic heterocycles. The van der Waals surface area contributed by atoms with Gasteiger partial charge in [-0.1, -0.05) is 31.0 Å². The second-order valence-electron chi connectivity index (χ2n) is 5.80. The van der Waals surface area contributed by atoms with Gasteiger partial charge in [-0.3, -0.25) is 9.59 Å². The summed E-state index contributed by atoms with van der Waals surface area (Å²) >= 11 is 0. The van der Waals surface area contributed by atoms with Gasteiger partial charge in [-0.15, -0.1) is 0 Å². The molecule has 23 heavy (non-hydrogen) atoms. The molecule has 1 aromatic rings. The summed E-state index contributed by atoms with van der Waals surface area (Å²) in [6.07, 6.45) is 1.89. The van der Waals surface area contributed by atoms with E-state index in [4.69, 9.17) is 0 Å². The fourth-order valence-corrected chi connectivity index (χ4v) is 2.65. The van der Waals surface area contributed by atoms with Gasteiger partial charge in [0, 0.05) is 25.1 Å². The third kappa shape index (κ3) is 5.62. The summed E-state index contributed by atoms with van der Waals surface area (Å²) in [5.74, 6) is -0.249. The quantitative estimate of drug-likeness (QED) is 0.905. The van der Waals surface area contributed by atoms with Crippen LogP contribution < -0.4 is 5.32 Å². The van der Waals surface area contributed by atoms with Gasteiger partial charge < -0.3 is 10.2 Å². The van der Waals surface area contributed by atoms with Gasteiger partial charge in [-0.2, -0.15) is 0 Å². The van der Waals surface area contributed by atoms with Gasteiger partial charge in [0.2, 0.25) is 11.8 Å². The van der Waals surface area contributed by atoms with Gasteiger partial charge in [-0.25, -0.2) is 8.78 Å². The number of benzene rings is 1. The topological polar surface area (TPSA) is 49.4 Å². The highest BCUT2D eigenvalue weighted by molar-refractivity contribution is 5.84. The number of carbonyl (C=O) groups excluding carboxylic acids is 2. The molecule has 1 aromatic carbocycles. The first-order valence-electron chi connectivity index (χ1n) is 7.98. The van der Waals surface area contributed by atoms with E-state index in [1.165, 1.54) is 12.1 Å². The van der Waals surface area contributed by atoms with Crippen LogP contribution in [0.4, 0.5) is 8.78 Å². The predicted octanol–water partition coefficient (Wildman–Crippen LogP) is 3.03. The number of hydrogen-bond donors (Lipinski definition) is 1. The lowest BCUT2D eigenvalue weighted by Crippen LogP contribution is -2.41. The number of nitrogens with one attached hydrogen (secondary N) is 1. The van der Waals surface area contributed by atoms with E-state index >= 15 is 0 Å². The van der Waals surface area contributed by atoms with Gasteiger partial charge in [0.1, 0.15) is 0 Å². The fraction of sp³-hybridized carbons (Fsp3) is 0.529. The smallest absolute Gasteiger partial charge is 0.263 e. The Bertz CT molecular complexity index is 549. The molecule has 0 aliphatic carbocycles. The highest BCUT2D eigenvalue weighted by atomic mass is 19.3. The zero-order valence-electron chi connectivity index (χ0n) is 13.1. The van der Waals surface area contributed by atoms with E-state index in [2.05, 4.69) is 5.32 Å². The molecule has 1 saturated heterocycles. The second kappa shape index (κ2) is 8.60. The monoisotopic (exact) mass is 324 g/mol. The van der Waals surface area contributed by atoms with Crippen LogP contribution in [0.2, 0.25) is 0 Å². The molecule has 2 rings (SSSR count). The van der Waals surface area contributed by atoms with E-state index in [1.807, 2.05) is 0 Å². The van der Waals surface area contributed by atoms with Crippen molar-refractivity contribution >= 4 is 11.8 Å². The Kier molecular flexibility index (Phi) is 6.50. The van der Waals surface area contributed by atoms with Gasteiger partial charge in [-0.05, 0) is 24.5 Å². The predicted molar refractivity (Wildman–Crippen MR) is 82.9 cm³/mol. The van der Waals surface area contributed by atoms with Gasteiger partial charge in [0.25, 0.3) is 6.43 Å². The Balaban J connectivity index is 1.84. The number of nitrogens with zero attached hydrogens (tertiary/aromatic N) is 1. The molecule has 0 unspecified atom stereocenters. The summed E-state index contributed by atoms with van der Waals surface area (Å²) in [4.78, 5) is 25.5. The minimum Gasteiger partial charge on any atom is -0.350 e. The minimum absolute atomic E-state index is 0.0135. The number of carbonyl (C=O) groups is 2. The van der Waals surface area contributed by atoms with Crippen LogP contribution in [-0.2, 0) is 16.1 Å². The molecule has 0 spiro atoms. The molecule has 1 aliphatic rings. The molecule has 0 bridgehead atoms. The van der Waals surface area contributed by atoms with Gasteiger partial charge in [0.15, 0.2) is 0 Å². The normalized spacial score (nSPS) is 16.1. The van der Waals surface area contributed by atoms with E-state index in [0.29, 0.717) is 18.5 Å². The Morgan fingerprint density at radius 1 is 1.22 bits per heavy atom. The average molecular weight is 324 g/mol. The lowest BCUT2D eigenvalue weighted by atomic mass is 10.1. The van der Waals surface area contributed by atoms with Crippen molar-refractivity contribution in [2.45, 2.75) is 45.1 Å². The van der Waals surface area contributed by atoms with Crippen molar-refractivity contribution in [1.29, 1.82) is 0 Å².